The normalized spacial score (nSPS) is 17.5. The highest BCUT2D eigenvalue weighted by Crippen LogP contribution is 2.37. The summed E-state index contributed by atoms with van der Waals surface area (Å²) in [4.78, 5) is 29.8. The molecule has 0 saturated heterocycles. The topological polar surface area (TPSA) is 125 Å². The smallest absolute Gasteiger partial charge is 0.415 e. The van der Waals surface area contributed by atoms with Gasteiger partial charge < -0.3 is 14.6 Å². The summed E-state index contributed by atoms with van der Waals surface area (Å²) in [5.41, 5.74) is 2.18. The lowest BCUT2D eigenvalue weighted by molar-refractivity contribution is 0.0587. The maximum absolute atomic E-state index is 12.7. The molecule has 210 valence electrons. The van der Waals surface area contributed by atoms with E-state index >= 15 is 0 Å². The quantitative estimate of drug-likeness (QED) is 0.338. The summed E-state index contributed by atoms with van der Waals surface area (Å²) in [6, 6.07) is 8.53. The van der Waals surface area contributed by atoms with Crippen molar-refractivity contribution in [3.63, 3.8) is 0 Å². The molecule has 1 saturated carbocycles. The highest BCUT2D eigenvalue weighted by molar-refractivity contribution is 5.96. The number of aryl methyl sites for hydroxylation is 1. The maximum Gasteiger partial charge on any atom is 0.415 e. The van der Waals surface area contributed by atoms with Crippen molar-refractivity contribution in [1.82, 2.24) is 24.5 Å². The van der Waals surface area contributed by atoms with Gasteiger partial charge in [0, 0.05) is 43.5 Å². The molecule has 3 heterocycles. The van der Waals surface area contributed by atoms with Gasteiger partial charge in [-0.1, -0.05) is 0 Å². The molecule has 3 aromatic heterocycles. The molecule has 1 aliphatic carbocycles. The van der Waals surface area contributed by atoms with Gasteiger partial charge in [-0.15, -0.1) is 0 Å². The second kappa shape index (κ2) is 10.6. The molecule has 40 heavy (non-hydrogen) atoms. The van der Waals surface area contributed by atoms with Crippen molar-refractivity contribution in [2.45, 2.75) is 64.2 Å². The van der Waals surface area contributed by atoms with Crippen LogP contribution in [-0.4, -0.2) is 60.5 Å². The number of carbonyl (C=O) groups is 2. The zero-order valence-corrected chi connectivity index (χ0v) is 23.4. The number of pyridine rings is 1. The van der Waals surface area contributed by atoms with Gasteiger partial charge >= 0.3 is 12.1 Å². The molecule has 0 aliphatic heterocycles. The number of aromatic nitrogens is 5. The van der Waals surface area contributed by atoms with Gasteiger partial charge in [-0.25, -0.2) is 14.6 Å². The standard InChI is InChI=1S/C29H34N6O5/c1-29(2,3)40-28(38)34(5)25-14-24-23(16-30-25)26(19-15-31-33(4)17-19)32-35(24)20-8-12-22(13-9-20)39-21-10-6-18(7-11-21)27(36)37/h6-7,10-11,14-17,20,22H,8-9,12-13H2,1-5H3,(H,36,37)/t20-,22+. The minimum Gasteiger partial charge on any atom is -0.490 e. The average Bonchev–Trinajstić information content (AvgIpc) is 3.51. The van der Waals surface area contributed by atoms with Gasteiger partial charge in [0.05, 0.1) is 29.4 Å². The summed E-state index contributed by atoms with van der Waals surface area (Å²) in [6.45, 7) is 5.49. The number of carbonyl (C=O) groups excluding carboxylic acids is 1. The Bertz CT molecular complexity index is 1530. The molecule has 0 radical (unpaired) electrons. The third kappa shape index (κ3) is 5.78. The average molecular weight is 547 g/mol. The third-order valence-electron chi connectivity index (χ3n) is 6.96. The fourth-order valence-corrected chi connectivity index (χ4v) is 4.94. The Kier molecular flexibility index (Phi) is 7.22. The summed E-state index contributed by atoms with van der Waals surface area (Å²) >= 11 is 0. The number of anilines is 1. The van der Waals surface area contributed by atoms with Gasteiger partial charge in [-0.3, -0.25) is 14.3 Å². The van der Waals surface area contributed by atoms with E-state index in [-0.39, 0.29) is 17.7 Å². The molecule has 1 aromatic carbocycles. The van der Waals surface area contributed by atoms with Crippen LogP contribution in [0.3, 0.4) is 0 Å². The van der Waals surface area contributed by atoms with Gasteiger partial charge in [-0.05, 0) is 70.7 Å². The number of aromatic carboxylic acids is 1. The van der Waals surface area contributed by atoms with Gasteiger partial charge in [0.2, 0.25) is 0 Å². The second-order valence-electron chi connectivity index (χ2n) is 11.2. The number of hydrogen-bond acceptors (Lipinski definition) is 7. The van der Waals surface area contributed by atoms with Crippen molar-refractivity contribution >= 4 is 28.8 Å². The van der Waals surface area contributed by atoms with Crippen LogP contribution in [0.4, 0.5) is 10.6 Å². The first-order valence-corrected chi connectivity index (χ1v) is 13.3. The van der Waals surface area contributed by atoms with Crippen LogP contribution in [0.25, 0.3) is 22.2 Å². The number of amides is 1. The van der Waals surface area contributed by atoms with Crippen molar-refractivity contribution in [3.05, 3.63) is 54.5 Å². The first kappa shape index (κ1) is 27.2. The van der Waals surface area contributed by atoms with Crippen LogP contribution in [-0.2, 0) is 11.8 Å². The van der Waals surface area contributed by atoms with Crippen LogP contribution >= 0.6 is 0 Å². The number of rotatable bonds is 6. The lowest BCUT2D eigenvalue weighted by atomic mass is 9.93. The predicted octanol–water partition coefficient (Wildman–Crippen LogP) is 5.46. The lowest BCUT2D eigenvalue weighted by Crippen LogP contribution is -2.34. The molecule has 1 aliphatic rings. The van der Waals surface area contributed by atoms with Crippen molar-refractivity contribution in [3.8, 4) is 17.0 Å². The van der Waals surface area contributed by atoms with E-state index in [2.05, 4.69) is 10.1 Å². The molecule has 1 N–H and O–H groups in total. The van der Waals surface area contributed by atoms with E-state index in [1.165, 1.54) is 4.90 Å². The Morgan fingerprint density at radius 1 is 1.07 bits per heavy atom. The van der Waals surface area contributed by atoms with Crippen LogP contribution in [0.5, 0.6) is 5.75 Å². The van der Waals surface area contributed by atoms with Gasteiger partial charge in [0.15, 0.2) is 0 Å². The minimum absolute atomic E-state index is 0.0297. The number of nitrogens with zero attached hydrogens (tertiary/aromatic N) is 6. The molecule has 0 atom stereocenters. The molecule has 1 fully saturated rings. The van der Waals surface area contributed by atoms with E-state index in [9.17, 15) is 9.59 Å². The predicted molar refractivity (Wildman–Crippen MR) is 150 cm³/mol. The minimum atomic E-state index is -0.959. The van der Waals surface area contributed by atoms with Gasteiger partial charge in [0.25, 0.3) is 0 Å². The first-order chi connectivity index (χ1) is 19.0. The third-order valence-corrected chi connectivity index (χ3v) is 6.96. The van der Waals surface area contributed by atoms with E-state index in [4.69, 9.17) is 19.7 Å². The maximum atomic E-state index is 12.7. The zero-order chi connectivity index (χ0) is 28.6. The van der Waals surface area contributed by atoms with Crippen LogP contribution < -0.4 is 9.64 Å². The van der Waals surface area contributed by atoms with Crippen LogP contribution in [0.2, 0.25) is 0 Å². The van der Waals surface area contributed by atoms with Crippen molar-refractivity contribution in [2.24, 2.45) is 7.05 Å². The summed E-state index contributed by atoms with van der Waals surface area (Å²) < 4.78 is 15.5. The van der Waals surface area contributed by atoms with Gasteiger partial charge in [-0.2, -0.15) is 10.2 Å². The van der Waals surface area contributed by atoms with Crippen LogP contribution in [0, 0.1) is 0 Å². The fourth-order valence-electron chi connectivity index (χ4n) is 4.94. The van der Waals surface area contributed by atoms with E-state index in [0.29, 0.717) is 11.6 Å². The Balaban J connectivity index is 1.40. The molecule has 5 rings (SSSR count). The highest BCUT2D eigenvalue weighted by atomic mass is 16.6. The molecule has 1 amide bonds. The Labute approximate surface area is 232 Å². The number of hydrogen-bond donors (Lipinski definition) is 1. The zero-order valence-electron chi connectivity index (χ0n) is 23.4. The van der Waals surface area contributed by atoms with E-state index in [1.54, 1.807) is 48.4 Å². The highest BCUT2D eigenvalue weighted by Gasteiger charge is 2.28. The van der Waals surface area contributed by atoms with Crippen molar-refractivity contribution < 1.29 is 24.2 Å². The second-order valence-corrected chi connectivity index (χ2v) is 11.2. The number of ether oxygens (including phenoxy) is 2. The monoisotopic (exact) mass is 546 g/mol. The Hall–Kier alpha value is -4.41. The molecule has 4 aromatic rings. The number of benzene rings is 1. The van der Waals surface area contributed by atoms with E-state index in [0.717, 1.165) is 47.8 Å². The largest absolute Gasteiger partial charge is 0.490 e. The van der Waals surface area contributed by atoms with Crippen LogP contribution in [0.1, 0.15) is 62.9 Å². The number of fused-ring (bicyclic) bond motifs is 1. The summed E-state index contributed by atoms with van der Waals surface area (Å²) in [5.74, 6) is 0.181. The van der Waals surface area contributed by atoms with Crippen molar-refractivity contribution in [1.29, 1.82) is 0 Å². The molecular formula is C29H34N6O5. The summed E-state index contributed by atoms with van der Waals surface area (Å²) in [6.07, 6.45) is 8.36. The lowest BCUT2D eigenvalue weighted by Gasteiger charge is -2.29. The molecule has 11 heteroatoms. The molecule has 0 unspecified atom stereocenters. The van der Waals surface area contributed by atoms with E-state index < -0.39 is 17.7 Å². The number of carboxylic acid groups (broad SMARTS) is 1. The fraction of sp³-hybridized carbons (Fsp3) is 0.414. The molecule has 0 bridgehead atoms. The SMILES string of the molecule is CN(C(=O)OC(C)(C)C)c1cc2c(cn1)c(-c1cnn(C)c1)nn2[C@H]1CC[C@@H](Oc2ccc(C(=O)O)cc2)CC1. The Morgan fingerprint density at radius 3 is 2.38 bits per heavy atom. The number of carboxylic acids is 1. The Morgan fingerprint density at radius 2 is 1.77 bits per heavy atom. The van der Waals surface area contributed by atoms with Crippen LogP contribution in [0.15, 0.2) is 48.9 Å². The summed E-state index contributed by atoms with van der Waals surface area (Å²) in [5, 5.41) is 19.3. The van der Waals surface area contributed by atoms with Crippen molar-refractivity contribution in [2.75, 3.05) is 11.9 Å². The van der Waals surface area contributed by atoms with E-state index in [1.807, 2.05) is 44.8 Å². The summed E-state index contributed by atoms with van der Waals surface area (Å²) in [7, 11) is 3.52. The first-order valence-electron chi connectivity index (χ1n) is 13.3. The molecular weight excluding hydrogens is 512 g/mol. The van der Waals surface area contributed by atoms with Gasteiger partial charge in [0.1, 0.15) is 22.9 Å². The molecule has 11 nitrogen and oxygen atoms in total. The molecule has 0 spiro atoms.